The van der Waals surface area contributed by atoms with Crippen LogP contribution >= 0.6 is 15.9 Å². The van der Waals surface area contributed by atoms with Crippen molar-refractivity contribution < 1.29 is 18.7 Å². The van der Waals surface area contributed by atoms with Gasteiger partial charge in [0.05, 0.1) is 6.54 Å². The number of halogens is 2. The van der Waals surface area contributed by atoms with Crippen LogP contribution in [0, 0.1) is 11.7 Å². The molecule has 1 aliphatic rings. The lowest BCUT2D eigenvalue weighted by Crippen LogP contribution is -2.43. The second-order valence-electron chi connectivity index (χ2n) is 6.67. The Kier molecular flexibility index (Phi) is 7.03. The highest BCUT2D eigenvalue weighted by atomic mass is 79.9. The van der Waals surface area contributed by atoms with E-state index in [-0.39, 0.29) is 23.5 Å². The first-order valence-electron chi connectivity index (χ1n) is 9.24. The molecule has 2 aromatic rings. The Labute approximate surface area is 172 Å². The van der Waals surface area contributed by atoms with Gasteiger partial charge < -0.3 is 15.0 Å². The number of likely N-dealkylation sites (tertiary alicyclic amines) is 1. The number of hydrogen-bond acceptors (Lipinski definition) is 3. The Morgan fingerprint density at radius 3 is 2.36 bits per heavy atom. The van der Waals surface area contributed by atoms with E-state index in [1.165, 1.54) is 12.1 Å². The quantitative estimate of drug-likeness (QED) is 0.686. The van der Waals surface area contributed by atoms with Gasteiger partial charge in [-0.15, -0.1) is 0 Å². The lowest BCUT2D eigenvalue weighted by atomic mass is 9.95. The number of nitrogens with one attached hydrogen (secondary N) is 1. The number of carbonyl (C=O) groups is 2. The van der Waals surface area contributed by atoms with Gasteiger partial charge in [0.1, 0.15) is 18.2 Å². The van der Waals surface area contributed by atoms with Crippen molar-refractivity contribution >= 4 is 27.7 Å². The van der Waals surface area contributed by atoms with Crippen LogP contribution in [0.15, 0.2) is 53.0 Å². The second kappa shape index (κ2) is 9.68. The molecule has 0 aliphatic carbocycles. The molecule has 1 saturated heterocycles. The first-order valence-corrected chi connectivity index (χ1v) is 10.0. The van der Waals surface area contributed by atoms with E-state index in [4.69, 9.17) is 4.74 Å². The van der Waals surface area contributed by atoms with E-state index in [2.05, 4.69) is 21.2 Å². The molecule has 7 heteroatoms. The largest absolute Gasteiger partial charge is 0.492 e. The van der Waals surface area contributed by atoms with Crippen molar-refractivity contribution in [1.29, 1.82) is 0 Å². The SMILES string of the molecule is O=C(NCCOc1ccc(F)cc1)C1CCN(C(=O)c2ccc(Br)cc2)CC1. The molecule has 3 rings (SSSR count). The van der Waals surface area contributed by atoms with Gasteiger partial charge >= 0.3 is 0 Å². The zero-order valence-electron chi connectivity index (χ0n) is 15.4. The van der Waals surface area contributed by atoms with E-state index in [1.54, 1.807) is 29.2 Å². The van der Waals surface area contributed by atoms with Crippen molar-refractivity contribution in [2.75, 3.05) is 26.2 Å². The number of nitrogens with zero attached hydrogens (tertiary/aromatic N) is 1. The van der Waals surface area contributed by atoms with E-state index in [0.717, 1.165) is 4.47 Å². The minimum atomic E-state index is -0.314. The van der Waals surface area contributed by atoms with Crippen LogP contribution in [-0.2, 0) is 4.79 Å². The van der Waals surface area contributed by atoms with E-state index >= 15 is 0 Å². The number of rotatable bonds is 6. The van der Waals surface area contributed by atoms with Crippen LogP contribution in [0.2, 0.25) is 0 Å². The van der Waals surface area contributed by atoms with Gasteiger partial charge in [-0.2, -0.15) is 0 Å². The van der Waals surface area contributed by atoms with Gasteiger partial charge in [-0.25, -0.2) is 4.39 Å². The van der Waals surface area contributed by atoms with Crippen LogP contribution in [0.25, 0.3) is 0 Å². The van der Waals surface area contributed by atoms with E-state index in [9.17, 15) is 14.0 Å². The average molecular weight is 449 g/mol. The molecule has 0 saturated carbocycles. The molecule has 0 bridgehead atoms. The maximum Gasteiger partial charge on any atom is 0.253 e. The normalized spacial score (nSPS) is 14.6. The molecule has 1 N–H and O–H groups in total. The highest BCUT2D eigenvalue weighted by Crippen LogP contribution is 2.20. The Bertz CT molecular complexity index is 803. The molecular weight excluding hydrogens is 427 g/mol. The molecule has 1 fully saturated rings. The van der Waals surface area contributed by atoms with Gasteiger partial charge in [0.2, 0.25) is 5.91 Å². The summed E-state index contributed by atoms with van der Waals surface area (Å²) in [6, 6.07) is 13.1. The van der Waals surface area contributed by atoms with Gasteiger partial charge in [0, 0.05) is 29.0 Å². The highest BCUT2D eigenvalue weighted by molar-refractivity contribution is 9.10. The summed E-state index contributed by atoms with van der Waals surface area (Å²) in [5.74, 6) is 0.137. The molecule has 2 aromatic carbocycles. The summed E-state index contributed by atoms with van der Waals surface area (Å²) in [5.41, 5.74) is 0.657. The fourth-order valence-electron chi connectivity index (χ4n) is 3.14. The maximum absolute atomic E-state index is 12.8. The van der Waals surface area contributed by atoms with Crippen molar-refractivity contribution in [3.63, 3.8) is 0 Å². The van der Waals surface area contributed by atoms with Crippen molar-refractivity contribution in [3.8, 4) is 5.75 Å². The molecular formula is C21H22BrFN2O3. The summed E-state index contributed by atoms with van der Waals surface area (Å²) in [4.78, 5) is 26.6. The summed E-state index contributed by atoms with van der Waals surface area (Å²) in [5, 5.41) is 2.87. The zero-order valence-corrected chi connectivity index (χ0v) is 17.0. The second-order valence-corrected chi connectivity index (χ2v) is 7.58. The van der Waals surface area contributed by atoms with Crippen LogP contribution in [0.3, 0.4) is 0 Å². The topological polar surface area (TPSA) is 58.6 Å². The molecule has 5 nitrogen and oxygen atoms in total. The summed E-state index contributed by atoms with van der Waals surface area (Å²) in [6.45, 7) is 1.84. The van der Waals surface area contributed by atoms with Gasteiger partial charge in [-0.1, -0.05) is 15.9 Å². The van der Waals surface area contributed by atoms with Crippen LogP contribution in [0.5, 0.6) is 5.75 Å². The Balaban J connectivity index is 1.38. The number of carbonyl (C=O) groups excluding carboxylic acids is 2. The third-order valence-electron chi connectivity index (χ3n) is 4.73. The molecule has 0 radical (unpaired) electrons. The van der Waals surface area contributed by atoms with E-state index < -0.39 is 0 Å². The molecule has 1 heterocycles. The van der Waals surface area contributed by atoms with Crippen molar-refractivity contribution in [2.45, 2.75) is 12.8 Å². The van der Waals surface area contributed by atoms with Gasteiger partial charge in [0.25, 0.3) is 5.91 Å². The first-order chi connectivity index (χ1) is 13.5. The van der Waals surface area contributed by atoms with Gasteiger partial charge in [0.15, 0.2) is 0 Å². The average Bonchev–Trinajstić information content (AvgIpc) is 2.72. The predicted octanol–water partition coefficient (Wildman–Crippen LogP) is 3.64. The third kappa shape index (κ3) is 5.55. The minimum absolute atomic E-state index is 0.000874. The molecule has 148 valence electrons. The van der Waals surface area contributed by atoms with Crippen LogP contribution in [0.1, 0.15) is 23.2 Å². The van der Waals surface area contributed by atoms with Gasteiger partial charge in [-0.05, 0) is 61.4 Å². The number of hydrogen-bond donors (Lipinski definition) is 1. The summed E-state index contributed by atoms with van der Waals surface area (Å²) >= 11 is 3.36. The minimum Gasteiger partial charge on any atom is -0.492 e. The molecule has 0 unspecified atom stereocenters. The summed E-state index contributed by atoms with van der Waals surface area (Å²) < 4.78 is 19.2. The van der Waals surface area contributed by atoms with Crippen molar-refractivity contribution in [2.24, 2.45) is 5.92 Å². The molecule has 2 amide bonds. The number of benzene rings is 2. The summed E-state index contributed by atoms with van der Waals surface area (Å²) in [6.07, 6.45) is 1.29. The van der Waals surface area contributed by atoms with Crippen LogP contribution < -0.4 is 10.1 Å². The first kappa shape index (κ1) is 20.3. The maximum atomic E-state index is 12.8. The highest BCUT2D eigenvalue weighted by Gasteiger charge is 2.27. The lowest BCUT2D eigenvalue weighted by molar-refractivity contribution is -0.126. The standard InChI is InChI=1S/C21H22BrFN2O3/c22-17-3-1-16(2-4-17)21(27)25-12-9-15(10-13-25)20(26)24-11-14-28-19-7-5-18(23)6-8-19/h1-8,15H,9-14H2,(H,24,26). The van der Waals surface area contributed by atoms with E-state index in [1.807, 2.05) is 12.1 Å². The molecule has 0 spiro atoms. The summed E-state index contributed by atoms with van der Waals surface area (Å²) in [7, 11) is 0. The van der Waals surface area contributed by atoms with Gasteiger partial charge in [-0.3, -0.25) is 9.59 Å². The van der Waals surface area contributed by atoms with Crippen LogP contribution in [0.4, 0.5) is 4.39 Å². The monoisotopic (exact) mass is 448 g/mol. The number of ether oxygens (including phenoxy) is 1. The molecule has 0 atom stereocenters. The van der Waals surface area contributed by atoms with Crippen molar-refractivity contribution in [3.05, 3.63) is 64.4 Å². The molecule has 1 aliphatic heterocycles. The lowest BCUT2D eigenvalue weighted by Gasteiger charge is -2.31. The predicted molar refractivity (Wildman–Crippen MR) is 108 cm³/mol. The number of piperidine rings is 1. The fourth-order valence-corrected chi connectivity index (χ4v) is 3.40. The Morgan fingerprint density at radius 2 is 1.71 bits per heavy atom. The number of amides is 2. The third-order valence-corrected chi connectivity index (χ3v) is 5.26. The molecule has 0 aromatic heterocycles. The molecule has 28 heavy (non-hydrogen) atoms. The van der Waals surface area contributed by atoms with Crippen molar-refractivity contribution in [1.82, 2.24) is 10.2 Å². The van der Waals surface area contributed by atoms with Crippen LogP contribution in [-0.4, -0.2) is 43.0 Å². The smallest absolute Gasteiger partial charge is 0.253 e. The van der Waals surface area contributed by atoms with E-state index in [0.29, 0.717) is 50.4 Å². The zero-order chi connectivity index (χ0) is 19.9. The fraction of sp³-hybridized carbons (Fsp3) is 0.333. The Hall–Kier alpha value is -2.41. The Morgan fingerprint density at radius 1 is 1.07 bits per heavy atom.